The Morgan fingerprint density at radius 1 is 0.938 bits per heavy atom. The van der Waals surface area contributed by atoms with Gasteiger partial charge in [-0.3, -0.25) is 9.52 Å². The molecule has 0 unspecified atom stereocenters. The maximum Gasteiger partial charge on any atom is 0.261 e. The van der Waals surface area contributed by atoms with Gasteiger partial charge >= 0.3 is 0 Å². The summed E-state index contributed by atoms with van der Waals surface area (Å²) in [6, 6.07) is 18.0. The summed E-state index contributed by atoms with van der Waals surface area (Å²) in [6.07, 6.45) is 0. The fourth-order valence-electron chi connectivity index (χ4n) is 3.33. The zero-order chi connectivity index (χ0) is 23.3. The lowest BCUT2D eigenvalue weighted by molar-refractivity contribution is 0.0939. The summed E-state index contributed by atoms with van der Waals surface area (Å²) < 4.78 is 38.6. The van der Waals surface area contributed by atoms with Gasteiger partial charge in [0.15, 0.2) is 0 Å². The van der Waals surface area contributed by atoms with Gasteiger partial charge in [0.2, 0.25) is 0 Å². The summed E-state index contributed by atoms with van der Waals surface area (Å²) in [6.45, 7) is 3.54. The highest BCUT2D eigenvalue weighted by atomic mass is 32.2. The van der Waals surface area contributed by atoms with Crippen LogP contribution in [0.5, 0.6) is 11.5 Å². The lowest BCUT2D eigenvalue weighted by atomic mass is 10.0. The summed E-state index contributed by atoms with van der Waals surface area (Å²) in [5, 5.41) is 2.95. The van der Waals surface area contributed by atoms with Crippen molar-refractivity contribution in [3.8, 4) is 11.5 Å². The molecule has 0 spiro atoms. The van der Waals surface area contributed by atoms with Crippen LogP contribution in [0.25, 0.3) is 0 Å². The smallest absolute Gasteiger partial charge is 0.261 e. The predicted octanol–water partition coefficient (Wildman–Crippen LogP) is 4.30. The molecule has 0 saturated carbocycles. The monoisotopic (exact) mass is 454 g/mol. The summed E-state index contributed by atoms with van der Waals surface area (Å²) in [4.78, 5) is 13.2. The van der Waals surface area contributed by atoms with E-state index in [4.69, 9.17) is 9.47 Å². The number of anilines is 1. The number of methoxy groups -OCH3 is 2. The van der Waals surface area contributed by atoms with Crippen LogP contribution in [0, 0.1) is 6.92 Å². The van der Waals surface area contributed by atoms with Crippen molar-refractivity contribution in [1.82, 2.24) is 5.32 Å². The Bertz CT molecular complexity index is 1210. The largest absolute Gasteiger partial charge is 0.497 e. The Morgan fingerprint density at radius 3 is 2.31 bits per heavy atom. The van der Waals surface area contributed by atoms with Gasteiger partial charge in [0.25, 0.3) is 15.9 Å². The Labute approximate surface area is 188 Å². The number of hydrogen-bond donors (Lipinski definition) is 2. The topological polar surface area (TPSA) is 93.7 Å². The molecule has 0 aliphatic rings. The maximum absolute atomic E-state index is 13.0. The number of amides is 1. The molecule has 2 N–H and O–H groups in total. The number of sulfonamides is 1. The zero-order valence-electron chi connectivity index (χ0n) is 18.4. The average molecular weight is 455 g/mol. The van der Waals surface area contributed by atoms with Crippen LogP contribution in [-0.2, 0) is 10.0 Å². The number of ether oxygens (including phenoxy) is 2. The number of hydrogen-bond acceptors (Lipinski definition) is 5. The third-order valence-corrected chi connectivity index (χ3v) is 6.51. The van der Waals surface area contributed by atoms with Crippen LogP contribution < -0.4 is 19.5 Å². The molecule has 0 saturated heterocycles. The van der Waals surface area contributed by atoms with Crippen molar-refractivity contribution in [2.75, 3.05) is 18.9 Å². The van der Waals surface area contributed by atoms with Gasteiger partial charge in [-0.25, -0.2) is 8.42 Å². The average Bonchev–Trinajstić information content (AvgIpc) is 2.80. The van der Waals surface area contributed by atoms with Crippen LogP contribution in [-0.4, -0.2) is 28.5 Å². The minimum atomic E-state index is -3.77. The van der Waals surface area contributed by atoms with Crippen LogP contribution in [0.4, 0.5) is 5.69 Å². The highest BCUT2D eigenvalue weighted by molar-refractivity contribution is 7.92. The molecule has 0 radical (unpaired) electrons. The molecule has 1 amide bonds. The zero-order valence-corrected chi connectivity index (χ0v) is 19.2. The standard InChI is InChI=1S/C24H26N2O5S/c1-16-20(11-8-12-22(16)26-32(28,29)19-9-6-5-7-10-19)24(27)25-17(2)21-15-18(30-3)13-14-23(21)31-4/h5-15,17,26H,1-4H3,(H,25,27)/t17-/m0/s1. The summed E-state index contributed by atoms with van der Waals surface area (Å²) in [5.74, 6) is 0.940. The Hall–Kier alpha value is -3.52. The number of carbonyl (C=O) groups excluding carboxylic acids is 1. The summed E-state index contributed by atoms with van der Waals surface area (Å²) in [7, 11) is -0.642. The number of rotatable bonds is 8. The van der Waals surface area contributed by atoms with E-state index in [0.29, 0.717) is 28.3 Å². The first-order chi connectivity index (χ1) is 15.3. The molecule has 0 aliphatic heterocycles. The molecule has 7 nitrogen and oxygen atoms in total. The molecule has 0 aliphatic carbocycles. The van der Waals surface area contributed by atoms with Gasteiger partial charge in [0, 0.05) is 11.1 Å². The van der Waals surface area contributed by atoms with E-state index in [1.54, 1.807) is 75.7 Å². The first-order valence-corrected chi connectivity index (χ1v) is 11.5. The molecule has 3 aromatic carbocycles. The first kappa shape index (κ1) is 23.1. The van der Waals surface area contributed by atoms with Crippen molar-refractivity contribution in [2.24, 2.45) is 0 Å². The van der Waals surface area contributed by atoms with E-state index in [1.165, 1.54) is 12.1 Å². The van der Waals surface area contributed by atoms with E-state index in [0.717, 1.165) is 5.56 Å². The molecule has 168 valence electrons. The second-order valence-corrected chi connectivity index (χ2v) is 8.88. The lowest BCUT2D eigenvalue weighted by Crippen LogP contribution is -2.28. The maximum atomic E-state index is 13.0. The number of benzene rings is 3. The lowest BCUT2D eigenvalue weighted by Gasteiger charge is -2.19. The van der Waals surface area contributed by atoms with Crippen LogP contribution >= 0.6 is 0 Å². The van der Waals surface area contributed by atoms with Crippen LogP contribution in [0.1, 0.15) is 34.5 Å². The third kappa shape index (κ3) is 5.03. The Kier molecular flexibility index (Phi) is 7.05. The van der Waals surface area contributed by atoms with Gasteiger partial charge in [0.05, 0.1) is 30.8 Å². The van der Waals surface area contributed by atoms with E-state index in [1.807, 2.05) is 6.92 Å². The molecule has 1 atom stereocenters. The van der Waals surface area contributed by atoms with E-state index in [-0.39, 0.29) is 16.8 Å². The minimum Gasteiger partial charge on any atom is -0.497 e. The Balaban J connectivity index is 1.84. The first-order valence-electron chi connectivity index (χ1n) is 9.97. The predicted molar refractivity (Wildman–Crippen MR) is 124 cm³/mol. The van der Waals surface area contributed by atoms with Crippen molar-refractivity contribution in [3.63, 3.8) is 0 Å². The number of nitrogens with one attached hydrogen (secondary N) is 2. The molecule has 0 bridgehead atoms. The third-order valence-electron chi connectivity index (χ3n) is 5.13. The van der Waals surface area contributed by atoms with E-state index >= 15 is 0 Å². The van der Waals surface area contributed by atoms with Gasteiger partial charge in [-0.1, -0.05) is 24.3 Å². The van der Waals surface area contributed by atoms with Gasteiger partial charge < -0.3 is 14.8 Å². The van der Waals surface area contributed by atoms with Crippen LogP contribution in [0.3, 0.4) is 0 Å². The normalized spacial score (nSPS) is 12.0. The van der Waals surface area contributed by atoms with Gasteiger partial charge in [-0.05, 0) is 61.9 Å². The van der Waals surface area contributed by atoms with E-state index in [9.17, 15) is 13.2 Å². The minimum absolute atomic E-state index is 0.146. The van der Waals surface area contributed by atoms with Gasteiger partial charge in [-0.15, -0.1) is 0 Å². The molecule has 3 aromatic rings. The second-order valence-electron chi connectivity index (χ2n) is 7.20. The fourth-order valence-corrected chi connectivity index (χ4v) is 4.47. The SMILES string of the molecule is COc1ccc(OC)c([C@H](C)NC(=O)c2cccc(NS(=O)(=O)c3ccccc3)c2C)c1. The highest BCUT2D eigenvalue weighted by Gasteiger charge is 2.20. The molecule has 0 fully saturated rings. The van der Waals surface area contributed by atoms with E-state index in [2.05, 4.69) is 10.0 Å². The molecular formula is C24H26N2O5S. The van der Waals surface area contributed by atoms with Crippen molar-refractivity contribution >= 4 is 21.6 Å². The van der Waals surface area contributed by atoms with Gasteiger partial charge in [-0.2, -0.15) is 0 Å². The summed E-state index contributed by atoms with van der Waals surface area (Å²) >= 11 is 0. The van der Waals surface area contributed by atoms with Gasteiger partial charge in [0.1, 0.15) is 11.5 Å². The van der Waals surface area contributed by atoms with Crippen LogP contribution in [0.2, 0.25) is 0 Å². The highest BCUT2D eigenvalue weighted by Crippen LogP contribution is 2.30. The van der Waals surface area contributed by atoms with Crippen molar-refractivity contribution in [1.29, 1.82) is 0 Å². The Morgan fingerprint density at radius 2 is 1.66 bits per heavy atom. The molecule has 8 heteroatoms. The second kappa shape index (κ2) is 9.74. The van der Waals surface area contributed by atoms with Crippen molar-refractivity contribution < 1.29 is 22.7 Å². The van der Waals surface area contributed by atoms with E-state index < -0.39 is 10.0 Å². The van der Waals surface area contributed by atoms with Crippen LogP contribution in [0.15, 0.2) is 71.6 Å². The molecule has 32 heavy (non-hydrogen) atoms. The molecule has 3 rings (SSSR count). The summed E-state index contributed by atoms with van der Waals surface area (Å²) in [5.41, 5.74) is 1.99. The quantitative estimate of drug-likeness (QED) is 0.529. The molecule has 0 aromatic heterocycles. The van der Waals surface area contributed by atoms with Crippen molar-refractivity contribution in [2.45, 2.75) is 24.8 Å². The van der Waals surface area contributed by atoms with Crippen molar-refractivity contribution in [3.05, 3.63) is 83.4 Å². The molecule has 0 heterocycles. The number of carbonyl (C=O) groups is 1. The fraction of sp³-hybridized carbons (Fsp3) is 0.208. The molecular weight excluding hydrogens is 428 g/mol.